The zero-order chi connectivity index (χ0) is 43.9. The molecule has 0 radical (unpaired) electrons. The Morgan fingerprint density at radius 2 is 1.11 bits per heavy atom. The van der Waals surface area contributed by atoms with Crippen LogP contribution in [0.2, 0.25) is 0 Å². The molecule has 21 heteroatoms. The number of carbonyl (C=O) groups excluding carboxylic acids is 1. The molecular formula is C40H67O21+. The molecule has 0 aromatic rings. The van der Waals surface area contributed by atoms with Crippen LogP contribution in [0.4, 0.5) is 0 Å². The van der Waals surface area contributed by atoms with Crippen molar-refractivity contribution in [1.29, 1.82) is 0 Å². The van der Waals surface area contributed by atoms with Crippen molar-refractivity contribution in [2.45, 2.75) is 212 Å². The van der Waals surface area contributed by atoms with E-state index in [-0.39, 0.29) is 25.2 Å². The molecule has 4 heterocycles. The molecule has 0 amide bonds. The van der Waals surface area contributed by atoms with Gasteiger partial charge in [-0.15, -0.1) is 0 Å². The fourth-order valence-corrected chi connectivity index (χ4v) is 10.2. The first-order valence-electron chi connectivity index (χ1n) is 21.9. The minimum Gasteiger partial charge on any atom is -0.463 e. The highest BCUT2D eigenvalue weighted by Gasteiger charge is 2.56. The lowest BCUT2D eigenvalue weighted by Gasteiger charge is -2.49. The van der Waals surface area contributed by atoms with Gasteiger partial charge in [0.15, 0.2) is 31.1 Å². The minimum absolute atomic E-state index is 0.0639. The maximum atomic E-state index is 12.7. The Hall–Kier alpha value is -1.29. The van der Waals surface area contributed by atoms with Gasteiger partial charge < -0.3 is 99.2 Å². The number of ether oxygens (including phenoxy) is 8. The first-order valence-corrected chi connectivity index (χ1v) is 21.9. The van der Waals surface area contributed by atoms with Crippen molar-refractivity contribution < 1.29 is 104 Å². The van der Waals surface area contributed by atoms with E-state index in [4.69, 9.17) is 37.9 Å². The SMILES string of the molecule is C[C@@H]1O[C@@H](OC[C@H]2O[C@@H](OC3CC4C(O)CC(O[C@@H]5O[C@H](COC(=O)C6CCC(O)CC6)[C@@H](O)[C@H](O)[C@H]5O)CC4[OH+]C3C3CCC(O)CC3)[C@H](O)[C@@H](O)[C@@H]2O)[C@H](O)[C@H](O)[C@H]1O. The Kier molecular flexibility index (Phi) is 16.0. The summed E-state index contributed by atoms with van der Waals surface area (Å²) in [6, 6.07) is 0. The first kappa shape index (κ1) is 47.7. The van der Waals surface area contributed by atoms with Gasteiger partial charge in [0, 0.05) is 18.8 Å². The van der Waals surface area contributed by atoms with E-state index in [1.54, 1.807) is 0 Å². The van der Waals surface area contributed by atoms with Crippen molar-refractivity contribution in [2.75, 3.05) is 13.2 Å². The maximum absolute atomic E-state index is 12.7. The number of hydrogen-bond acceptors (Lipinski definition) is 20. The summed E-state index contributed by atoms with van der Waals surface area (Å²) in [5, 5.41) is 127. The normalized spacial score (nSPS) is 52.2. The number of aliphatic hydroxyl groups excluding tert-OH is 12. The van der Waals surface area contributed by atoms with Crippen LogP contribution in [0.15, 0.2) is 0 Å². The fourth-order valence-electron chi connectivity index (χ4n) is 10.2. The molecule has 352 valence electrons. The predicted octanol–water partition coefficient (Wildman–Crippen LogP) is -4.70. The molecule has 13 N–H and O–H groups in total. The number of hydrogen-bond donors (Lipinski definition) is 12. The largest absolute Gasteiger partial charge is 0.463 e. The molecule has 61 heavy (non-hydrogen) atoms. The Balaban J connectivity index is 0.991. The Morgan fingerprint density at radius 3 is 1.74 bits per heavy atom. The van der Waals surface area contributed by atoms with Crippen LogP contribution < -0.4 is 0 Å². The van der Waals surface area contributed by atoms with E-state index in [1.807, 2.05) is 0 Å². The van der Waals surface area contributed by atoms with E-state index in [0.717, 1.165) is 0 Å². The van der Waals surface area contributed by atoms with E-state index in [9.17, 15) is 66.1 Å². The van der Waals surface area contributed by atoms with Crippen molar-refractivity contribution >= 4 is 5.97 Å². The molecule has 0 spiro atoms. The molecular weight excluding hydrogens is 816 g/mol. The number of rotatable bonds is 11. The third kappa shape index (κ3) is 10.7. The van der Waals surface area contributed by atoms with Crippen LogP contribution in [-0.2, 0) is 38.0 Å². The molecule has 0 bridgehead atoms. The highest BCUT2D eigenvalue weighted by molar-refractivity contribution is 5.72. The Bertz CT molecular complexity index is 1400. The van der Waals surface area contributed by atoms with Crippen LogP contribution in [0.3, 0.4) is 0 Å². The summed E-state index contributed by atoms with van der Waals surface area (Å²) in [6.45, 7) is 0.590. The zero-order valence-corrected chi connectivity index (χ0v) is 34.2. The van der Waals surface area contributed by atoms with E-state index in [2.05, 4.69) is 0 Å². The van der Waals surface area contributed by atoms with Crippen LogP contribution in [0, 0.1) is 17.8 Å². The lowest BCUT2D eigenvalue weighted by atomic mass is 9.73. The van der Waals surface area contributed by atoms with Gasteiger partial charge in [-0.2, -0.15) is 0 Å². The Morgan fingerprint density at radius 1 is 0.574 bits per heavy atom. The van der Waals surface area contributed by atoms with Crippen molar-refractivity contribution in [3.63, 3.8) is 0 Å². The molecule has 21 atom stereocenters. The topological polar surface area (TPSA) is 337 Å². The number of aliphatic hydroxyl groups is 14. The first-order chi connectivity index (χ1) is 29.0. The molecule has 0 aromatic carbocycles. The summed E-state index contributed by atoms with van der Waals surface area (Å²) in [6.07, 6.45) is -22.3. The van der Waals surface area contributed by atoms with Crippen LogP contribution in [0.25, 0.3) is 0 Å². The average molecular weight is 884 g/mol. The summed E-state index contributed by atoms with van der Waals surface area (Å²) >= 11 is 0. The number of carbonyl (C=O) groups is 1. The zero-order valence-electron chi connectivity index (χ0n) is 34.2. The van der Waals surface area contributed by atoms with Gasteiger partial charge in [0.1, 0.15) is 79.9 Å². The maximum Gasteiger partial charge on any atom is 0.309 e. The molecule has 7 rings (SSSR count). The predicted molar refractivity (Wildman–Crippen MR) is 201 cm³/mol. The quantitative estimate of drug-likeness (QED) is 0.0685. The molecule has 6 unspecified atom stereocenters. The van der Waals surface area contributed by atoms with Gasteiger partial charge in [0.2, 0.25) is 0 Å². The van der Waals surface area contributed by atoms with Gasteiger partial charge in [-0.3, -0.25) is 4.79 Å². The highest BCUT2D eigenvalue weighted by Crippen LogP contribution is 2.43. The fraction of sp³-hybridized carbons (Fsp3) is 0.975. The van der Waals surface area contributed by atoms with Crippen molar-refractivity contribution in [2.24, 2.45) is 17.8 Å². The standard InChI is InChI=1S/C40H66O21/c1-15-27(44)30(47)33(50)38(56-15)55-14-26-29(46)32(49)35(52)40(61-26)59-24-12-21-22(43)10-20(11-23(21)58-36(24)16-2-6-18(41)7-3-16)57-39-34(51)31(48)28(45)25(60-39)13-54-37(53)17-4-8-19(42)9-5-17/h15-36,38-52H,2-14H2,1H3/p+1/t15-,16?,17?,18?,19?,20?,21?,22?,23?,24?,25+,26+,27-,28+,29+,30+,31-,32-,33+,34+,35+,36?,38+,39+,40+/m0/s1. The molecule has 7 fully saturated rings. The summed E-state index contributed by atoms with van der Waals surface area (Å²) < 4.78 is 46.1. The molecule has 3 saturated carbocycles. The summed E-state index contributed by atoms with van der Waals surface area (Å²) in [7, 11) is 0. The van der Waals surface area contributed by atoms with Crippen molar-refractivity contribution in [1.82, 2.24) is 0 Å². The van der Waals surface area contributed by atoms with Crippen LogP contribution >= 0.6 is 0 Å². The van der Waals surface area contributed by atoms with Crippen LogP contribution in [0.1, 0.15) is 77.6 Å². The second kappa shape index (κ2) is 20.5. The average Bonchev–Trinajstić information content (AvgIpc) is 3.24. The third-order valence-electron chi connectivity index (χ3n) is 14.1. The van der Waals surface area contributed by atoms with E-state index >= 15 is 0 Å². The van der Waals surface area contributed by atoms with Crippen molar-refractivity contribution in [3.05, 3.63) is 0 Å². The smallest absolute Gasteiger partial charge is 0.309 e. The second-order valence-electron chi connectivity index (χ2n) is 18.3. The van der Waals surface area contributed by atoms with E-state index in [1.165, 1.54) is 6.92 Å². The van der Waals surface area contributed by atoms with E-state index in [0.29, 0.717) is 51.4 Å². The highest BCUT2D eigenvalue weighted by atomic mass is 16.7. The lowest BCUT2D eigenvalue weighted by molar-refractivity contribution is -0.366. The molecule has 21 nitrogen and oxygen atoms in total. The lowest BCUT2D eigenvalue weighted by Crippen LogP contribution is -2.64. The van der Waals surface area contributed by atoms with Gasteiger partial charge in [0.25, 0.3) is 0 Å². The molecule has 4 saturated heterocycles. The second-order valence-corrected chi connectivity index (χ2v) is 18.3. The minimum atomic E-state index is -1.75. The van der Waals surface area contributed by atoms with Crippen LogP contribution in [-0.4, -0.2) is 220 Å². The number of fused-ring (bicyclic) bond motifs is 1. The van der Waals surface area contributed by atoms with E-state index < -0.39 is 166 Å². The van der Waals surface area contributed by atoms with Gasteiger partial charge in [-0.05, 0) is 64.7 Å². The van der Waals surface area contributed by atoms with Gasteiger partial charge in [0.05, 0.1) is 49.0 Å². The molecule has 0 aromatic heterocycles. The monoisotopic (exact) mass is 883 g/mol. The number of esters is 1. The van der Waals surface area contributed by atoms with Crippen molar-refractivity contribution in [3.8, 4) is 0 Å². The van der Waals surface area contributed by atoms with Crippen LogP contribution in [0.5, 0.6) is 0 Å². The molecule has 4 aliphatic heterocycles. The van der Waals surface area contributed by atoms with Gasteiger partial charge in [-0.1, -0.05) is 0 Å². The summed E-state index contributed by atoms with van der Waals surface area (Å²) in [5.41, 5.74) is 0. The summed E-state index contributed by atoms with van der Waals surface area (Å²) in [4.78, 5) is 12.7. The molecule has 3 aliphatic carbocycles. The summed E-state index contributed by atoms with van der Waals surface area (Å²) in [5.74, 6) is -1.49. The third-order valence-corrected chi connectivity index (χ3v) is 14.1. The van der Waals surface area contributed by atoms with Gasteiger partial charge >= 0.3 is 5.97 Å². The molecule has 7 aliphatic rings. The Labute approximate surface area is 353 Å². The van der Waals surface area contributed by atoms with Gasteiger partial charge in [-0.25, -0.2) is 0 Å².